The van der Waals surface area contributed by atoms with E-state index in [0.717, 1.165) is 11.8 Å². The van der Waals surface area contributed by atoms with Gasteiger partial charge < -0.3 is 4.90 Å². The van der Waals surface area contributed by atoms with Crippen LogP contribution in [0, 0.1) is 12.8 Å². The van der Waals surface area contributed by atoms with E-state index in [-0.39, 0.29) is 36.4 Å². The van der Waals surface area contributed by atoms with E-state index in [1.54, 1.807) is 29.2 Å². The highest BCUT2D eigenvalue weighted by Gasteiger charge is 2.35. The predicted molar refractivity (Wildman–Crippen MR) is 106 cm³/mol. The minimum atomic E-state index is -3.57. The van der Waals surface area contributed by atoms with Crippen LogP contribution in [0.25, 0.3) is 0 Å². The highest BCUT2D eigenvalue weighted by atomic mass is 32.2. The number of piperazine rings is 1. The average Bonchev–Trinajstić information content (AvgIpc) is 2.67. The highest BCUT2D eigenvalue weighted by Crippen LogP contribution is 2.23. The van der Waals surface area contributed by atoms with Gasteiger partial charge in [-0.15, -0.1) is 0 Å². The van der Waals surface area contributed by atoms with E-state index in [1.165, 1.54) is 8.61 Å². The molecule has 10 heteroatoms. The van der Waals surface area contributed by atoms with Gasteiger partial charge in [0.05, 0.1) is 17.1 Å². The van der Waals surface area contributed by atoms with Crippen LogP contribution in [0.1, 0.15) is 18.4 Å². The summed E-state index contributed by atoms with van der Waals surface area (Å²) in [6.45, 7) is 3.68. The third-order valence-electron chi connectivity index (χ3n) is 5.41. The lowest BCUT2D eigenvalue weighted by atomic mass is 9.98. The molecule has 1 atom stereocenters. The van der Waals surface area contributed by atoms with E-state index in [9.17, 15) is 21.6 Å². The summed E-state index contributed by atoms with van der Waals surface area (Å²) >= 11 is 0. The Bertz CT molecular complexity index is 920. The molecule has 2 aliphatic rings. The quantitative estimate of drug-likeness (QED) is 0.695. The first-order valence-electron chi connectivity index (χ1n) is 9.40. The van der Waals surface area contributed by atoms with E-state index in [0.29, 0.717) is 32.5 Å². The molecule has 0 N–H and O–H groups in total. The number of piperidine rings is 1. The fourth-order valence-electron chi connectivity index (χ4n) is 3.71. The van der Waals surface area contributed by atoms with Gasteiger partial charge in [-0.2, -0.15) is 4.31 Å². The largest absolute Gasteiger partial charge is 0.340 e. The number of amides is 1. The summed E-state index contributed by atoms with van der Waals surface area (Å²) in [6.07, 6.45) is 2.48. The topological polar surface area (TPSA) is 95.1 Å². The monoisotopic (exact) mass is 429 g/mol. The van der Waals surface area contributed by atoms with Gasteiger partial charge in [-0.25, -0.2) is 21.1 Å². The number of hydrogen-bond acceptors (Lipinski definition) is 5. The molecule has 0 bridgehead atoms. The van der Waals surface area contributed by atoms with Gasteiger partial charge in [-0.3, -0.25) is 4.79 Å². The Hall–Kier alpha value is -1.49. The fourth-order valence-corrected chi connectivity index (χ4v) is 6.05. The molecule has 1 aromatic rings. The molecule has 1 amide bonds. The molecule has 3 rings (SSSR count). The normalized spacial score (nSPS) is 22.9. The zero-order chi connectivity index (χ0) is 20.5. The van der Waals surface area contributed by atoms with Crippen molar-refractivity contribution in [3.8, 4) is 0 Å². The number of rotatable bonds is 4. The van der Waals surface area contributed by atoms with Gasteiger partial charge in [0.1, 0.15) is 0 Å². The Morgan fingerprint density at radius 1 is 0.929 bits per heavy atom. The van der Waals surface area contributed by atoms with Crippen LogP contribution in [0.5, 0.6) is 0 Å². The van der Waals surface area contributed by atoms with Crippen molar-refractivity contribution >= 4 is 26.0 Å². The SMILES string of the molecule is Cc1ccc(S(=O)(=O)N2CCN(C(=O)[C@H]3CCCN(S(C)(=O)=O)C3)CC2)cc1. The van der Waals surface area contributed by atoms with E-state index in [2.05, 4.69) is 0 Å². The number of hydrogen-bond donors (Lipinski definition) is 0. The maximum atomic E-state index is 12.8. The molecule has 1 aromatic carbocycles. The summed E-state index contributed by atoms with van der Waals surface area (Å²) in [5.41, 5.74) is 0.991. The molecule has 0 radical (unpaired) electrons. The number of benzene rings is 1. The highest BCUT2D eigenvalue weighted by molar-refractivity contribution is 7.89. The Morgan fingerprint density at radius 3 is 2.11 bits per heavy atom. The van der Waals surface area contributed by atoms with Crippen LogP contribution in [-0.4, -0.2) is 81.8 Å². The smallest absolute Gasteiger partial charge is 0.243 e. The lowest BCUT2D eigenvalue weighted by Crippen LogP contribution is -2.53. The molecule has 2 saturated heterocycles. The Kier molecular flexibility index (Phi) is 6.14. The first-order chi connectivity index (χ1) is 13.1. The maximum absolute atomic E-state index is 12.8. The lowest BCUT2D eigenvalue weighted by Gasteiger charge is -2.38. The standard InChI is InChI=1S/C18H27N3O5S2/c1-15-5-7-17(8-6-15)28(25,26)20-12-10-19(11-13-20)18(22)16-4-3-9-21(14-16)27(2,23)24/h5-8,16H,3-4,9-14H2,1-2H3/t16-/m0/s1. The van der Waals surface area contributed by atoms with Crippen molar-refractivity contribution < 1.29 is 21.6 Å². The summed E-state index contributed by atoms with van der Waals surface area (Å²) < 4.78 is 51.9. The third-order valence-corrected chi connectivity index (χ3v) is 8.59. The first-order valence-corrected chi connectivity index (χ1v) is 12.7. The van der Waals surface area contributed by atoms with E-state index >= 15 is 0 Å². The summed E-state index contributed by atoms with van der Waals surface area (Å²) in [6, 6.07) is 6.74. The number of nitrogens with zero attached hydrogens (tertiary/aromatic N) is 3. The van der Waals surface area contributed by atoms with Gasteiger partial charge in [-0.1, -0.05) is 17.7 Å². The first kappa shape index (κ1) is 21.2. The molecular formula is C18H27N3O5S2. The van der Waals surface area contributed by atoms with Crippen molar-refractivity contribution in [1.29, 1.82) is 0 Å². The molecule has 0 aromatic heterocycles. The number of carbonyl (C=O) groups excluding carboxylic acids is 1. The predicted octanol–water partition coefficient (Wildman–Crippen LogP) is 0.500. The molecule has 0 spiro atoms. The van der Waals surface area contributed by atoms with Crippen LogP contribution in [0.15, 0.2) is 29.2 Å². The Labute approximate surface area is 167 Å². The molecule has 28 heavy (non-hydrogen) atoms. The van der Waals surface area contributed by atoms with E-state index in [4.69, 9.17) is 0 Å². The van der Waals surface area contributed by atoms with E-state index < -0.39 is 20.0 Å². The number of aryl methyl sites for hydroxylation is 1. The van der Waals surface area contributed by atoms with Gasteiger partial charge >= 0.3 is 0 Å². The van der Waals surface area contributed by atoms with Crippen LogP contribution < -0.4 is 0 Å². The van der Waals surface area contributed by atoms with Gasteiger partial charge in [0.25, 0.3) is 0 Å². The minimum Gasteiger partial charge on any atom is -0.340 e. The van der Waals surface area contributed by atoms with E-state index in [1.807, 2.05) is 6.92 Å². The van der Waals surface area contributed by atoms with Crippen molar-refractivity contribution in [2.45, 2.75) is 24.7 Å². The second kappa shape index (κ2) is 8.10. The fraction of sp³-hybridized carbons (Fsp3) is 0.611. The summed E-state index contributed by atoms with van der Waals surface area (Å²) in [5, 5.41) is 0. The average molecular weight is 430 g/mol. The second-order valence-corrected chi connectivity index (χ2v) is 11.4. The summed E-state index contributed by atoms with van der Waals surface area (Å²) in [5.74, 6) is -0.440. The van der Waals surface area contributed by atoms with Gasteiger partial charge in [0.15, 0.2) is 0 Å². The molecule has 0 aliphatic carbocycles. The minimum absolute atomic E-state index is 0.0827. The van der Waals surface area contributed by atoms with Gasteiger partial charge in [0.2, 0.25) is 26.0 Å². The van der Waals surface area contributed by atoms with Crippen LogP contribution in [0.2, 0.25) is 0 Å². The molecule has 2 fully saturated rings. The van der Waals surface area contributed by atoms with Crippen LogP contribution >= 0.6 is 0 Å². The number of sulfonamides is 2. The maximum Gasteiger partial charge on any atom is 0.243 e. The zero-order valence-electron chi connectivity index (χ0n) is 16.2. The Balaban J connectivity index is 1.62. The second-order valence-electron chi connectivity index (χ2n) is 7.50. The molecule has 2 heterocycles. The van der Waals surface area contributed by atoms with Gasteiger partial charge in [0, 0.05) is 39.3 Å². The molecule has 8 nitrogen and oxygen atoms in total. The van der Waals surface area contributed by atoms with Crippen LogP contribution in [-0.2, 0) is 24.8 Å². The zero-order valence-corrected chi connectivity index (χ0v) is 17.9. The molecule has 0 saturated carbocycles. The van der Waals surface area contributed by atoms with Crippen molar-refractivity contribution in [3.63, 3.8) is 0 Å². The van der Waals surface area contributed by atoms with Crippen molar-refractivity contribution in [1.82, 2.24) is 13.5 Å². The van der Waals surface area contributed by atoms with Crippen LogP contribution in [0.4, 0.5) is 0 Å². The molecule has 0 unspecified atom stereocenters. The molecular weight excluding hydrogens is 402 g/mol. The van der Waals surface area contributed by atoms with Crippen molar-refractivity contribution in [2.75, 3.05) is 45.5 Å². The third kappa shape index (κ3) is 4.56. The number of carbonyl (C=O) groups is 1. The molecule has 156 valence electrons. The summed E-state index contributed by atoms with van der Waals surface area (Å²) in [7, 11) is -6.88. The van der Waals surface area contributed by atoms with Crippen LogP contribution in [0.3, 0.4) is 0 Å². The van der Waals surface area contributed by atoms with Crippen molar-refractivity contribution in [2.24, 2.45) is 5.92 Å². The summed E-state index contributed by atoms with van der Waals surface area (Å²) in [4.78, 5) is 14.7. The molecule has 2 aliphatic heterocycles. The van der Waals surface area contributed by atoms with Gasteiger partial charge in [-0.05, 0) is 31.9 Å². The van der Waals surface area contributed by atoms with Crippen molar-refractivity contribution in [3.05, 3.63) is 29.8 Å². The lowest BCUT2D eigenvalue weighted by molar-refractivity contribution is -0.137. The Morgan fingerprint density at radius 2 is 1.54 bits per heavy atom.